The Bertz CT molecular complexity index is 972. The van der Waals surface area contributed by atoms with Gasteiger partial charge in [-0.25, -0.2) is 0 Å². The summed E-state index contributed by atoms with van der Waals surface area (Å²) < 4.78 is 8.75. The number of fused-ring (bicyclic) bond motifs is 3. The van der Waals surface area contributed by atoms with Gasteiger partial charge in [0.05, 0.1) is 12.1 Å². The Kier molecular flexibility index (Phi) is 13.9. The summed E-state index contributed by atoms with van der Waals surface area (Å²) in [6.07, 6.45) is 24.5. The molecule has 0 radical (unpaired) electrons. The smallest absolute Gasteiger partial charge is 0.121 e. The van der Waals surface area contributed by atoms with Gasteiger partial charge in [0.1, 0.15) is 5.75 Å². The number of hydrogen-bond acceptors (Lipinski definition) is 1. The fourth-order valence-corrected chi connectivity index (χ4v) is 5.54. The maximum atomic E-state index is 6.21. The third kappa shape index (κ3) is 9.49. The number of hydrogen-bond donors (Lipinski definition) is 0. The van der Waals surface area contributed by atoms with Gasteiger partial charge in [-0.05, 0) is 31.0 Å². The van der Waals surface area contributed by atoms with Crippen LogP contribution in [0.4, 0.5) is 0 Å². The second kappa shape index (κ2) is 17.5. The molecule has 36 heavy (non-hydrogen) atoms. The van der Waals surface area contributed by atoms with Crippen LogP contribution in [-0.2, 0) is 6.54 Å². The molecule has 2 heteroatoms. The number of ether oxygens (including phenoxy) is 1. The second-order valence-electron chi connectivity index (χ2n) is 10.9. The molecule has 3 aromatic rings. The lowest BCUT2D eigenvalue weighted by atomic mass is 10.1. The highest BCUT2D eigenvalue weighted by Crippen LogP contribution is 2.32. The van der Waals surface area contributed by atoms with Crippen molar-refractivity contribution in [3.63, 3.8) is 0 Å². The molecule has 0 amide bonds. The molecule has 0 aliphatic carbocycles. The SMILES string of the molecule is CCCCCCCCCCCCOc1ccc2c3ccccc3n(CCCCCCCCCC)c2c1. The number of nitrogens with zero attached hydrogens (tertiary/aromatic N) is 1. The molecule has 2 aromatic carbocycles. The Morgan fingerprint density at radius 1 is 0.528 bits per heavy atom. The number of rotatable bonds is 21. The van der Waals surface area contributed by atoms with Crippen molar-refractivity contribution in [1.29, 1.82) is 0 Å². The van der Waals surface area contributed by atoms with Crippen LogP contribution in [0.5, 0.6) is 5.75 Å². The molecule has 0 aliphatic rings. The zero-order valence-corrected chi connectivity index (χ0v) is 23.5. The first-order valence-corrected chi connectivity index (χ1v) is 15.5. The fourth-order valence-electron chi connectivity index (χ4n) is 5.54. The van der Waals surface area contributed by atoms with Crippen LogP contribution in [0.1, 0.15) is 129 Å². The lowest BCUT2D eigenvalue weighted by molar-refractivity contribution is 0.304. The molecule has 0 bridgehead atoms. The van der Waals surface area contributed by atoms with E-state index in [1.807, 2.05) is 0 Å². The van der Waals surface area contributed by atoms with Crippen molar-refractivity contribution < 1.29 is 4.74 Å². The van der Waals surface area contributed by atoms with E-state index in [1.165, 1.54) is 131 Å². The van der Waals surface area contributed by atoms with Gasteiger partial charge in [0.2, 0.25) is 0 Å². The van der Waals surface area contributed by atoms with Gasteiger partial charge < -0.3 is 9.30 Å². The Morgan fingerprint density at radius 3 is 1.69 bits per heavy atom. The fraction of sp³-hybridized carbons (Fsp3) is 0.647. The van der Waals surface area contributed by atoms with Crippen molar-refractivity contribution in [2.75, 3.05) is 6.61 Å². The highest BCUT2D eigenvalue weighted by atomic mass is 16.5. The number of aromatic nitrogens is 1. The van der Waals surface area contributed by atoms with Crippen LogP contribution in [0.25, 0.3) is 21.8 Å². The summed E-state index contributed by atoms with van der Waals surface area (Å²) >= 11 is 0. The number of benzene rings is 2. The van der Waals surface area contributed by atoms with Crippen LogP contribution >= 0.6 is 0 Å². The van der Waals surface area contributed by atoms with Gasteiger partial charge in [0, 0.05) is 28.9 Å². The topological polar surface area (TPSA) is 14.2 Å². The maximum Gasteiger partial charge on any atom is 0.121 e. The van der Waals surface area contributed by atoms with Gasteiger partial charge in [0.25, 0.3) is 0 Å². The lowest BCUT2D eigenvalue weighted by Crippen LogP contribution is -2.00. The van der Waals surface area contributed by atoms with E-state index in [9.17, 15) is 0 Å². The first-order chi connectivity index (χ1) is 17.8. The number of aryl methyl sites for hydroxylation is 1. The minimum Gasteiger partial charge on any atom is -0.494 e. The zero-order chi connectivity index (χ0) is 25.3. The van der Waals surface area contributed by atoms with Crippen molar-refractivity contribution in [3.05, 3.63) is 42.5 Å². The average Bonchev–Trinajstić information content (AvgIpc) is 3.21. The average molecular weight is 492 g/mol. The predicted octanol–water partition coefficient (Wildman–Crippen LogP) is 11.2. The van der Waals surface area contributed by atoms with Gasteiger partial charge >= 0.3 is 0 Å². The van der Waals surface area contributed by atoms with Crippen molar-refractivity contribution in [3.8, 4) is 5.75 Å². The second-order valence-corrected chi connectivity index (χ2v) is 10.9. The van der Waals surface area contributed by atoms with E-state index in [0.29, 0.717) is 0 Å². The molecule has 0 atom stereocenters. The number of unbranched alkanes of at least 4 members (excludes halogenated alkanes) is 16. The Labute approximate surface area is 221 Å². The normalized spacial score (nSPS) is 11.6. The van der Waals surface area contributed by atoms with E-state index in [2.05, 4.69) is 60.9 Å². The van der Waals surface area contributed by atoms with Gasteiger partial charge in [-0.15, -0.1) is 0 Å². The molecule has 0 N–H and O–H groups in total. The predicted molar refractivity (Wildman–Crippen MR) is 159 cm³/mol. The molecule has 2 nitrogen and oxygen atoms in total. The van der Waals surface area contributed by atoms with Crippen LogP contribution < -0.4 is 4.74 Å². The summed E-state index contributed by atoms with van der Waals surface area (Å²) in [6, 6.07) is 15.6. The van der Waals surface area contributed by atoms with Crippen LogP contribution in [0.3, 0.4) is 0 Å². The molecule has 0 saturated carbocycles. The van der Waals surface area contributed by atoms with Crippen LogP contribution in [0.2, 0.25) is 0 Å². The van der Waals surface area contributed by atoms with Crippen LogP contribution in [0, 0.1) is 0 Å². The van der Waals surface area contributed by atoms with Crippen molar-refractivity contribution in [2.45, 2.75) is 136 Å². The summed E-state index contributed by atoms with van der Waals surface area (Å²) in [5, 5.41) is 2.73. The zero-order valence-electron chi connectivity index (χ0n) is 23.5. The first kappa shape index (κ1) is 28.6. The van der Waals surface area contributed by atoms with Crippen LogP contribution in [0.15, 0.2) is 42.5 Å². The minimum atomic E-state index is 0.834. The Hall–Kier alpha value is -1.96. The molecule has 1 aromatic heterocycles. The molecular formula is C34H53NO. The molecule has 0 saturated heterocycles. The summed E-state index contributed by atoms with van der Waals surface area (Å²) in [4.78, 5) is 0. The molecule has 3 rings (SSSR count). The van der Waals surface area contributed by atoms with E-state index < -0.39 is 0 Å². The monoisotopic (exact) mass is 491 g/mol. The summed E-state index contributed by atoms with van der Waals surface area (Å²) in [7, 11) is 0. The lowest BCUT2D eigenvalue weighted by Gasteiger charge is -2.10. The standard InChI is InChI=1S/C34H53NO/c1-3-5-7-9-11-13-14-16-18-22-28-36-30-25-26-32-31-23-19-20-24-33(31)35(34(32)29-30)27-21-17-15-12-10-8-6-4-2/h19-20,23-26,29H,3-18,21-22,27-28H2,1-2H3. The van der Waals surface area contributed by atoms with Gasteiger partial charge in [-0.3, -0.25) is 0 Å². The third-order valence-corrected chi connectivity index (χ3v) is 7.75. The molecule has 0 fully saturated rings. The van der Waals surface area contributed by atoms with Gasteiger partial charge in [0.15, 0.2) is 0 Å². The van der Waals surface area contributed by atoms with E-state index in [4.69, 9.17) is 4.74 Å². The molecule has 0 unspecified atom stereocenters. The molecule has 1 heterocycles. The third-order valence-electron chi connectivity index (χ3n) is 7.75. The van der Waals surface area contributed by atoms with E-state index >= 15 is 0 Å². The summed E-state index contributed by atoms with van der Waals surface area (Å²) in [5.41, 5.74) is 2.70. The van der Waals surface area contributed by atoms with Gasteiger partial charge in [-0.2, -0.15) is 0 Å². The Balaban J connectivity index is 1.45. The van der Waals surface area contributed by atoms with Crippen LogP contribution in [-0.4, -0.2) is 11.2 Å². The summed E-state index contributed by atoms with van der Waals surface area (Å²) in [5.74, 6) is 1.03. The minimum absolute atomic E-state index is 0.834. The summed E-state index contributed by atoms with van der Waals surface area (Å²) in [6.45, 7) is 6.51. The Morgan fingerprint density at radius 2 is 1.06 bits per heavy atom. The molecular weight excluding hydrogens is 438 g/mol. The number of para-hydroxylation sites is 1. The highest BCUT2D eigenvalue weighted by molar-refractivity contribution is 6.08. The molecule has 0 aliphatic heterocycles. The van der Waals surface area contributed by atoms with Gasteiger partial charge in [-0.1, -0.05) is 135 Å². The van der Waals surface area contributed by atoms with Crippen molar-refractivity contribution in [1.82, 2.24) is 4.57 Å². The quantitative estimate of drug-likeness (QED) is 0.135. The maximum absolute atomic E-state index is 6.21. The first-order valence-electron chi connectivity index (χ1n) is 15.5. The van der Waals surface area contributed by atoms with E-state index in [0.717, 1.165) is 25.3 Å². The molecule has 0 spiro atoms. The van der Waals surface area contributed by atoms with Crippen molar-refractivity contribution >= 4 is 21.8 Å². The van der Waals surface area contributed by atoms with E-state index in [-0.39, 0.29) is 0 Å². The largest absolute Gasteiger partial charge is 0.494 e. The molecule has 200 valence electrons. The highest BCUT2D eigenvalue weighted by Gasteiger charge is 2.11. The van der Waals surface area contributed by atoms with Crippen molar-refractivity contribution in [2.24, 2.45) is 0 Å². The van der Waals surface area contributed by atoms with E-state index in [1.54, 1.807) is 0 Å².